The summed E-state index contributed by atoms with van der Waals surface area (Å²) >= 11 is 0. The summed E-state index contributed by atoms with van der Waals surface area (Å²) in [6.45, 7) is 6.67. The minimum atomic E-state index is -0.836. The highest BCUT2D eigenvalue weighted by Gasteiger charge is 2.35. The van der Waals surface area contributed by atoms with Crippen molar-refractivity contribution in [2.24, 2.45) is 11.3 Å². The zero-order valence-corrected chi connectivity index (χ0v) is 12.9. The molecule has 1 aliphatic rings. The standard InChI is InChI=1S/C14H24N4O3/c1-4-14(3,13(19)20)9-18-12(15-16-17-18)8-10-6-11(7-10)21-5-2/h10-11H,4-9H2,1-3H3,(H,19,20). The van der Waals surface area contributed by atoms with Gasteiger partial charge in [0.2, 0.25) is 0 Å². The van der Waals surface area contributed by atoms with Crippen LogP contribution in [0.4, 0.5) is 0 Å². The number of rotatable bonds is 8. The van der Waals surface area contributed by atoms with Gasteiger partial charge < -0.3 is 9.84 Å². The van der Waals surface area contributed by atoms with E-state index in [9.17, 15) is 9.90 Å². The van der Waals surface area contributed by atoms with E-state index in [2.05, 4.69) is 15.5 Å². The maximum Gasteiger partial charge on any atom is 0.311 e. The van der Waals surface area contributed by atoms with Gasteiger partial charge in [0.15, 0.2) is 5.82 Å². The monoisotopic (exact) mass is 296 g/mol. The van der Waals surface area contributed by atoms with Crippen LogP contribution in [0, 0.1) is 11.3 Å². The molecule has 7 heteroatoms. The third kappa shape index (κ3) is 3.58. The minimum Gasteiger partial charge on any atom is -0.481 e. The lowest BCUT2D eigenvalue weighted by Gasteiger charge is -2.34. The number of aliphatic carboxylic acids is 1. The van der Waals surface area contributed by atoms with Gasteiger partial charge in [0, 0.05) is 13.0 Å². The summed E-state index contributed by atoms with van der Waals surface area (Å²) in [6, 6.07) is 0. The molecule has 21 heavy (non-hydrogen) atoms. The molecule has 0 radical (unpaired) electrons. The normalized spacial score (nSPS) is 24.3. The van der Waals surface area contributed by atoms with Crippen molar-refractivity contribution in [1.29, 1.82) is 0 Å². The highest BCUT2D eigenvalue weighted by Crippen LogP contribution is 2.33. The van der Waals surface area contributed by atoms with Gasteiger partial charge in [-0.25, -0.2) is 4.68 Å². The van der Waals surface area contributed by atoms with E-state index < -0.39 is 11.4 Å². The van der Waals surface area contributed by atoms with Crippen molar-refractivity contribution in [3.63, 3.8) is 0 Å². The van der Waals surface area contributed by atoms with E-state index in [1.807, 2.05) is 13.8 Å². The Morgan fingerprint density at radius 1 is 1.48 bits per heavy atom. The van der Waals surface area contributed by atoms with Crippen LogP contribution in [-0.2, 0) is 22.5 Å². The molecule has 1 unspecified atom stereocenters. The topological polar surface area (TPSA) is 90.1 Å². The molecule has 0 saturated heterocycles. The molecule has 1 saturated carbocycles. The van der Waals surface area contributed by atoms with Gasteiger partial charge in [0.25, 0.3) is 0 Å². The molecule has 0 aromatic carbocycles. The first-order valence-corrected chi connectivity index (χ1v) is 7.58. The van der Waals surface area contributed by atoms with Crippen molar-refractivity contribution in [2.75, 3.05) is 6.61 Å². The molecular weight excluding hydrogens is 272 g/mol. The fourth-order valence-electron chi connectivity index (χ4n) is 2.62. The van der Waals surface area contributed by atoms with E-state index >= 15 is 0 Å². The second-order valence-electron chi connectivity index (χ2n) is 6.09. The number of tetrazole rings is 1. The smallest absolute Gasteiger partial charge is 0.311 e. The molecule has 0 spiro atoms. The summed E-state index contributed by atoms with van der Waals surface area (Å²) in [5, 5.41) is 21.1. The molecule has 7 nitrogen and oxygen atoms in total. The maximum absolute atomic E-state index is 11.4. The van der Waals surface area contributed by atoms with Crippen LogP contribution >= 0.6 is 0 Å². The van der Waals surface area contributed by atoms with Crippen LogP contribution in [0.5, 0.6) is 0 Å². The summed E-state index contributed by atoms with van der Waals surface area (Å²) in [7, 11) is 0. The van der Waals surface area contributed by atoms with Crippen LogP contribution in [0.2, 0.25) is 0 Å². The predicted octanol–water partition coefficient (Wildman–Crippen LogP) is 1.53. The van der Waals surface area contributed by atoms with Crippen LogP contribution in [0.1, 0.15) is 45.9 Å². The molecule has 1 fully saturated rings. The third-order valence-corrected chi connectivity index (χ3v) is 4.47. The first kappa shape index (κ1) is 15.9. The van der Waals surface area contributed by atoms with Crippen LogP contribution < -0.4 is 0 Å². The van der Waals surface area contributed by atoms with Gasteiger partial charge in [0.1, 0.15) is 0 Å². The highest BCUT2D eigenvalue weighted by atomic mass is 16.5. The second-order valence-corrected chi connectivity index (χ2v) is 6.09. The Hall–Kier alpha value is -1.50. The third-order valence-electron chi connectivity index (χ3n) is 4.47. The average Bonchev–Trinajstić information content (AvgIpc) is 2.83. The Morgan fingerprint density at radius 2 is 2.19 bits per heavy atom. The number of ether oxygens (including phenoxy) is 1. The number of carboxylic acids is 1. The Labute approximate surface area is 124 Å². The van der Waals surface area contributed by atoms with Crippen molar-refractivity contribution in [3.8, 4) is 0 Å². The molecule has 0 amide bonds. The summed E-state index contributed by atoms with van der Waals surface area (Å²) in [4.78, 5) is 11.4. The van der Waals surface area contributed by atoms with Crippen molar-refractivity contribution in [1.82, 2.24) is 20.2 Å². The largest absolute Gasteiger partial charge is 0.481 e. The lowest BCUT2D eigenvalue weighted by atomic mass is 9.80. The first-order valence-electron chi connectivity index (χ1n) is 7.58. The summed E-state index contributed by atoms with van der Waals surface area (Å²) in [5.41, 5.74) is -0.836. The van der Waals surface area contributed by atoms with E-state index in [4.69, 9.17) is 4.74 Å². The lowest BCUT2D eigenvalue weighted by molar-refractivity contribution is -0.149. The van der Waals surface area contributed by atoms with Crippen molar-refractivity contribution in [3.05, 3.63) is 5.82 Å². The van der Waals surface area contributed by atoms with Crippen molar-refractivity contribution in [2.45, 2.75) is 59.1 Å². The lowest BCUT2D eigenvalue weighted by Crippen LogP contribution is -2.35. The molecule has 1 N–H and O–H groups in total. The van der Waals surface area contributed by atoms with E-state index in [1.165, 1.54) is 0 Å². The fourth-order valence-corrected chi connectivity index (χ4v) is 2.62. The molecule has 0 bridgehead atoms. The summed E-state index contributed by atoms with van der Waals surface area (Å²) in [5.74, 6) is 0.492. The highest BCUT2D eigenvalue weighted by molar-refractivity contribution is 5.73. The molecule has 1 atom stereocenters. The van der Waals surface area contributed by atoms with Gasteiger partial charge in [-0.05, 0) is 49.5 Å². The second kappa shape index (κ2) is 6.51. The van der Waals surface area contributed by atoms with E-state index in [0.717, 1.165) is 31.7 Å². The minimum absolute atomic E-state index is 0.308. The Kier molecular flexibility index (Phi) is 4.92. The number of nitrogens with zero attached hydrogens (tertiary/aromatic N) is 4. The van der Waals surface area contributed by atoms with Gasteiger partial charge in [-0.2, -0.15) is 0 Å². The Bertz CT molecular complexity index is 484. The van der Waals surface area contributed by atoms with Gasteiger partial charge in [-0.1, -0.05) is 6.92 Å². The van der Waals surface area contributed by atoms with Gasteiger partial charge in [0.05, 0.1) is 18.1 Å². The van der Waals surface area contributed by atoms with E-state index in [1.54, 1.807) is 11.6 Å². The molecule has 1 aromatic heterocycles. The zero-order chi connectivity index (χ0) is 15.5. The van der Waals surface area contributed by atoms with Gasteiger partial charge in [-0.15, -0.1) is 5.10 Å². The number of hydrogen-bond acceptors (Lipinski definition) is 5. The number of carboxylic acid groups (broad SMARTS) is 1. The van der Waals surface area contributed by atoms with Crippen LogP contribution in [0.25, 0.3) is 0 Å². The predicted molar refractivity (Wildman–Crippen MR) is 75.7 cm³/mol. The summed E-state index contributed by atoms with van der Waals surface area (Å²) < 4.78 is 7.20. The molecular formula is C14H24N4O3. The molecule has 118 valence electrons. The van der Waals surface area contributed by atoms with Gasteiger partial charge in [-0.3, -0.25) is 4.79 Å². The number of aromatic nitrogens is 4. The number of carbonyl (C=O) groups is 1. The molecule has 1 aromatic rings. The SMILES string of the molecule is CCOC1CC(Cc2nnnn2CC(C)(CC)C(=O)O)C1. The zero-order valence-electron chi connectivity index (χ0n) is 12.9. The first-order chi connectivity index (χ1) is 9.98. The maximum atomic E-state index is 11.4. The Balaban J connectivity index is 1.95. The van der Waals surface area contributed by atoms with Crippen LogP contribution in [0.15, 0.2) is 0 Å². The average molecular weight is 296 g/mol. The number of hydrogen-bond donors (Lipinski definition) is 1. The van der Waals surface area contributed by atoms with Crippen LogP contribution in [-0.4, -0.2) is 44.0 Å². The van der Waals surface area contributed by atoms with E-state index in [0.29, 0.717) is 25.0 Å². The van der Waals surface area contributed by atoms with E-state index in [-0.39, 0.29) is 0 Å². The van der Waals surface area contributed by atoms with Crippen molar-refractivity contribution < 1.29 is 14.6 Å². The molecule has 1 heterocycles. The van der Waals surface area contributed by atoms with Crippen LogP contribution in [0.3, 0.4) is 0 Å². The van der Waals surface area contributed by atoms with Crippen molar-refractivity contribution >= 4 is 5.97 Å². The quantitative estimate of drug-likeness (QED) is 0.782. The Morgan fingerprint density at radius 3 is 2.76 bits per heavy atom. The molecule has 1 aliphatic carbocycles. The summed E-state index contributed by atoms with van der Waals surface area (Å²) in [6.07, 6.45) is 3.76. The molecule has 0 aliphatic heterocycles. The molecule has 2 rings (SSSR count). The fraction of sp³-hybridized carbons (Fsp3) is 0.857. The van der Waals surface area contributed by atoms with Gasteiger partial charge >= 0.3 is 5.97 Å².